The van der Waals surface area contributed by atoms with E-state index in [-0.39, 0.29) is 12.5 Å². The molecule has 0 aliphatic carbocycles. The van der Waals surface area contributed by atoms with Crippen molar-refractivity contribution in [3.63, 3.8) is 0 Å². The van der Waals surface area contributed by atoms with E-state index in [1.807, 2.05) is 39.0 Å². The Kier molecular flexibility index (Phi) is 4.83. The number of carbonyl (C=O) groups is 1. The standard InChI is InChI=1S/C21H19N3O3S/c1-12-8-9-17-19(10-12)28-21(22-17)23-20(25)15-6-4-5-7-18(15)26-11-16-13(2)24-27-14(16)3/h4-10H,11H2,1-3H3,(H,22,23,25). The van der Waals surface area contributed by atoms with Gasteiger partial charge < -0.3 is 9.26 Å². The molecule has 0 aliphatic rings. The van der Waals surface area contributed by atoms with Gasteiger partial charge in [-0.2, -0.15) is 0 Å². The average Bonchev–Trinajstić information content (AvgIpc) is 3.22. The van der Waals surface area contributed by atoms with Crippen LogP contribution in [0.4, 0.5) is 5.13 Å². The van der Waals surface area contributed by atoms with Crippen LogP contribution in [0.5, 0.6) is 5.75 Å². The topological polar surface area (TPSA) is 77.2 Å². The first-order valence-electron chi connectivity index (χ1n) is 8.83. The maximum absolute atomic E-state index is 12.8. The van der Waals surface area contributed by atoms with Crippen LogP contribution in [0.1, 0.15) is 32.9 Å². The third-order valence-corrected chi connectivity index (χ3v) is 5.38. The number of thiazole rings is 1. The molecule has 4 rings (SSSR count). The normalized spacial score (nSPS) is 11.0. The van der Waals surface area contributed by atoms with Crippen LogP contribution in [-0.2, 0) is 6.61 Å². The van der Waals surface area contributed by atoms with Crippen LogP contribution in [0.25, 0.3) is 10.2 Å². The molecule has 2 aromatic heterocycles. The van der Waals surface area contributed by atoms with Crippen molar-refractivity contribution in [3.05, 3.63) is 70.6 Å². The summed E-state index contributed by atoms with van der Waals surface area (Å²) in [7, 11) is 0. The van der Waals surface area contributed by atoms with Gasteiger partial charge in [0, 0.05) is 0 Å². The number of nitrogens with one attached hydrogen (secondary N) is 1. The second kappa shape index (κ2) is 7.44. The molecule has 0 saturated heterocycles. The van der Waals surface area contributed by atoms with Crippen LogP contribution >= 0.6 is 11.3 Å². The second-order valence-corrected chi connectivity index (χ2v) is 7.56. The van der Waals surface area contributed by atoms with Crippen LogP contribution in [-0.4, -0.2) is 16.0 Å². The number of hydrogen-bond donors (Lipinski definition) is 1. The smallest absolute Gasteiger partial charge is 0.261 e. The molecule has 0 fully saturated rings. The van der Waals surface area contributed by atoms with E-state index in [4.69, 9.17) is 9.26 Å². The van der Waals surface area contributed by atoms with Gasteiger partial charge in [-0.05, 0) is 50.6 Å². The molecular formula is C21H19N3O3S. The minimum Gasteiger partial charge on any atom is -0.488 e. The van der Waals surface area contributed by atoms with Crippen molar-refractivity contribution >= 4 is 32.6 Å². The summed E-state index contributed by atoms with van der Waals surface area (Å²) < 4.78 is 12.1. The molecule has 0 bridgehead atoms. The van der Waals surface area contributed by atoms with Gasteiger partial charge in [0.15, 0.2) is 5.13 Å². The van der Waals surface area contributed by atoms with Crippen molar-refractivity contribution in [2.75, 3.05) is 5.32 Å². The molecule has 0 saturated carbocycles. The SMILES string of the molecule is Cc1ccc2nc(NC(=O)c3ccccc3OCc3c(C)noc3C)sc2c1. The number of rotatable bonds is 5. The number of benzene rings is 2. The quantitative estimate of drug-likeness (QED) is 0.514. The molecule has 1 N–H and O–H groups in total. The molecule has 2 aromatic carbocycles. The van der Waals surface area contributed by atoms with Crippen molar-refractivity contribution in [2.24, 2.45) is 0 Å². The maximum Gasteiger partial charge on any atom is 0.261 e. The molecule has 6 nitrogen and oxygen atoms in total. The molecule has 4 aromatic rings. The minimum absolute atomic E-state index is 0.259. The lowest BCUT2D eigenvalue weighted by Gasteiger charge is -2.10. The third kappa shape index (κ3) is 3.61. The summed E-state index contributed by atoms with van der Waals surface area (Å²) in [5.74, 6) is 0.950. The molecular weight excluding hydrogens is 374 g/mol. The Bertz CT molecular complexity index is 1140. The lowest BCUT2D eigenvalue weighted by Crippen LogP contribution is -2.13. The third-order valence-electron chi connectivity index (χ3n) is 4.45. The van der Waals surface area contributed by atoms with Gasteiger partial charge in [0.05, 0.1) is 27.0 Å². The summed E-state index contributed by atoms with van der Waals surface area (Å²) in [5.41, 5.74) is 4.14. The van der Waals surface area contributed by atoms with Gasteiger partial charge >= 0.3 is 0 Å². The zero-order valence-electron chi connectivity index (χ0n) is 15.8. The van der Waals surface area contributed by atoms with Crippen molar-refractivity contribution < 1.29 is 14.1 Å². The van der Waals surface area contributed by atoms with E-state index >= 15 is 0 Å². The molecule has 0 unspecified atom stereocenters. The highest BCUT2D eigenvalue weighted by Crippen LogP contribution is 2.28. The predicted molar refractivity (Wildman–Crippen MR) is 109 cm³/mol. The van der Waals surface area contributed by atoms with E-state index in [1.54, 1.807) is 18.2 Å². The van der Waals surface area contributed by atoms with E-state index < -0.39 is 0 Å². The Morgan fingerprint density at radius 3 is 2.79 bits per heavy atom. The zero-order valence-corrected chi connectivity index (χ0v) is 16.6. The molecule has 142 valence electrons. The average molecular weight is 393 g/mol. The zero-order chi connectivity index (χ0) is 19.7. The lowest BCUT2D eigenvalue weighted by molar-refractivity contribution is 0.102. The highest BCUT2D eigenvalue weighted by Gasteiger charge is 2.16. The van der Waals surface area contributed by atoms with Crippen molar-refractivity contribution in [1.82, 2.24) is 10.1 Å². The predicted octanol–water partition coefficient (Wildman–Crippen LogP) is 5.04. The summed E-state index contributed by atoms with van der Waals surface area (Å²) >= 11 is 1.45. The van der Waals surface area contributed by atoms with E-state index in [9.17, 15) is 4.79 Å². The Morgan fingerprint density at radius 2 is 2.00 bits per heavy atom. The largest absolute Gasteiger partial charge is 0.488 e. The molecule has 7 heteroatoms. The number of aromatic nitrogens is 2. The van der Waals surface area contributed by atoms with Crippen molar-refractivity contribution in [1.29, 1.82) is 0 Å². The Balaban J connectivity index is 1.54. The fourth-order valence-electron chi connectivity index (χ4n) is 2.89. The van der Waals surface area contributed by atoms with Gasteiger partial charge in [0.2, 0.25) is 0 Å². The van der Waals surface area contributed by atoms with Crippen LogP contribution in [0.2, 0.25) is 0 Å². The number of carbonyl (C=O) groups excluding carboxylic acids is 1. The molecule has 1 amide bonds. The van der Waals surface area contributed by atoms with Crippen molar-refractivity contribution in [3.8, 4) is 5.75 Å². The monoisotopic (exact) mass is 393 g/mol. The number of fused-ring (bicyclic) bond motifs is 1. The van der Waals surface area contributed by atoms with Gasteiger partial charge in [-0.1, -0.05) is 34.7 Å². The first-order chi connectivity index (χ1) is 13.5. The number of aryl methyl sites for hydroxylation is 3. The molecule has 0 radical (unpaired) electrons. The van der Waals surface area contributed by atoms with Gasteiger partial charge in [0.25, 0.3) is 5.91 Å². The maximum atomic E-state index is 12.8. The Hall–Kier alpha value is -3.19. The van der Waals surface area contributed by atoms with Gasteiger partial charge in [-0.25, -0.2) is 4.98 Å². The Morgan fingerprint density at radius 1 is 1.18 bits per heavy atom. The highest BCUT2D eigenvalue weighted by molar-refractivity contribution is 7.22. The van der Waals surface area contributed by atoms with E-state index in [1.165, 1.54) is 11.3 Å². The minimum atomic E-state index is -0.259. The second-order valence-electron chi connectivity index (χ2n) is 6.53. The first-order valence-corrected chi connectivity index (χ1v) is 9.65. The molecule has 0 atom stereocenters. The first kappa shape index (κ1) is 18.2. The number of nitrogens with zero attached hydrogens (tertiary/aromatic N) is 2. The fraction of sp³-hybridized carbons (Fsp3) is 0.190. The molecule has 28 heavy (non-hydrogen) atoms. The van der Waals surface area contributed by atoms with Crippen LogP contribution in [0.3, 0.4) is 0 Å². The van der Waals surface area contributed by atoms with Crippen LogP contribution in [0.15, 0.2) is 47.0 Å². The van der Waals surface area contributed by atoms with Gasteiger partial charge in [0.1, 0.15) is 18.1 Å². The molecule has 0 aliphatic heterocycles. The van der Waals surface area contributed by atoms with Gasteiger partial charge in [-0.15, -0.1) is 0 Å². The van der Waals surface area contributed by atoms with Crippen molar-refractivity contribution in [2.45, 2.75) is 27.4 Å². The summed E-state index contributed by atoms with van der Waals surface area (Å²) in [6.07, 6.45) is 0. The molecule has 2 heterocycles. The van der Waals surface area contributed by atoms with E-state index in [0.29, 0.717) is 22.2 Å². The van der Waals surface area contributed by atoms with Gasteiger partial charge in [-0.3, -0.25) is 10.1 Å². The summed E-state index contributed by atoms with van der Waals surface area (Å²) in [6, 6.07) is 13.2. The number of hydrogen-bond acceptors (Lipinski definition) is 6. The number of ether oxygens (including phenoxy) is 1. The molecule has 0 spiro atoms. The summed E-state index contributed by atoms with van der Waals surface area (Å²) in [4.78, 5) is 17.3. The van der Waals surface area contributed by atoms with Crippen LogP contribution < -0.4 is 10.1 Å². The van der Waals surface area contributed by atoms with Crippen LogP contribution in [0, 0.1) is 20.8 Å². The Labute approximate surface area is 166 Å². The van der Waals surface area contributed by atoms with E-state index in [2.05, 4.69) is 21.5 Å². The number of anilines is 1. The summed E-state index contributed by atoms with van der Waals surface area (Å²) in [6.45, 7) is 6.02. The summed E-state index contributed by atoms with van der Waals surface area (Å²) in [5, 5.41) is 7.37. The number of para-hydroxylation sites is 1. The number of amides is 1. The lowest BCUT2D eigenvalue weighted by atomic mass is 10.2. The highest BCUT2D eigenvalue weighted by atomic mass is 32.1. The fourth-order valence-corrected chi connectivity index (χ4v) is 3.85. The van der Waals surface area contributed by atoms with E-state index in [0.717, 1.165) is 27.0 Å².